The van der Waals surface area contributed by atoms with Crippen molar-refractivity contribution in [2.24, 2.45) is 0 Å². The van der Waals surface area contributed by atoms with E-state index < -0.39 is 12.1 Å². The molecule has 0 fully saturated rings. The van der Waals surface area contributed by atoms with Crippen molar-refractivity contribution in [3.8, 4) is 11.5 Å². The number of pyridine rings is 1. The largest absolute Gasteiger partial charge is 0.490 e. The van der Waals surface area contributed by atoms with Gasteiger partial charge in [0.1, 0.15) is 42.7 Å². The number of alkyl carbamates (subject to hydrolysis) is 1. The standard InChI is InChI=1S/C31H31N3O7/c1-3-34-19-26(30(36)38-4-2)28(35)25-15-14-24(18-27(25)34)40-17-16-39-23-12-10-22(11-13-23)29(32)33-31(37)41-20-21-8-6-5-7-9-21/h5-15,18-19H,3-4,16-17,20H2,1-2H3,(H2,32,33,37). The zero-order valence-electron chi connectivity index (χ0n) is 22.8. The van der Waals surface area contributed by atoms with Crippen molar-refractivity contribution in [2.45, 2.75) is 27.0 Å². The fourth-order valence-corrected chi connectivity index (χ4v) is 4.05. The molecule has 0 unspecified atom stereocenters. The third-order valence-electron chi connectivity index (χ3n) is 6.09. The number of hydrogen-bond donors (Lipinski definition) is 2. The molecule has 0 bridgehead atoms. The molecule has 1 heterocycles. The molecule has 0 aliphatic rings. The van der Waals surface area contributed by atoms with E-state index >= 15 is 0 Å². The number of rotatable bonds is 11. The quantitative estimate of drug-likeness (QED) is 0.116. The summed E-state index contributed by atoms with van der Waals surface area (Å²) in [5, 5.41) is 10.9. The maximum absolute atomic E-state index is 12.8. The Bertz CT molecular complexity index is 1580. The van der Waals surface area contributed by atoms with Gasteiger partial charge in [-0.05, 0) is 55.8 Å². The van der Waals surface area contributed by atoms with Crippen LogP contribution in [-0.2, 0) is 22.6 Å². The predicted molar refractivity (Wildman–Crippen MR) is 154 cm³/mol. The summed E-state index contributed by atoms with van der Waals surface area (Å²) in [5.41, 5.74) is 1.62. The van der Waals surface area contributed by atoms with Crippen LogP contribution < -0.4 is 20.2 Å². The first kappa shape index (κ1) is 28.9. The maximum atomic E-state index is 12.8. The molecule has 4 aromatic rings. The molecule has 1 aromatic heterocycles. The monoisotopic (exact) mass is 557 g/mol. The Morgan fingerprint density at radius 3 is 2.24 bits per heavy atom. The van der Waals surface area contributed by atoms with Crippen LogP contribution >= 0.6 is 0 Å². The van der Waals surface area contributed by atoms with Gasteiger partial charge in [0, 0.05) is 29.8 Å². The van der Waals surface area contributed by atoms with Crippen LogP contribution in [0.3, 0.4) is 0 Å². The second-order valence-corrected chi connectivity index (χ2v) is 8.84. The smallest absolute Gasteiger partial charge is 0.413 e. The Morgan fingerprint density at radius 2 is 1.56 bits per heavy atom. The van der Waals surface area contributed by atoms with E-state index in [9.17, 15) is 14.4 Å². The highest BCUT2D eigenvalue weighted by Crippen LogP contribution is 2.20. The molecule has 0 saturated carbocycles. The van der Waals surface area contributed by atoms with Crippen LogP contribution in [0.5, 0.6) is 11.5 Å². The van der Waals surface area contributed by atoms with Crippen LogP contribution in [0.1, 0.15) is 35.3 Å². The highest BCUT2D eigenvalue weighted by Gasteiger charge is 2.16. The molecule has 0 radical (unpaired) electrons. The summed E-state index contributed by atoms with van der Waals surface area (Å²) in [6.45, 7) is 4.96. The number of esters is 1. The molecule has 10 heteroatoms. The molecular weight excluding hydrogens is 526 g/mol. The number of nitrogens with one attached hydrogen (secondary N) is 2. The van der Waals surface area contributed by atoms with Gasteiger partial charge in [0.15, 0.2) is 0 Å². The second-order valence-electron chi connectivity index (χ2n) is 8.84. The van der Waals surface area contributed by atoms with Crippen molar-refractivity contribution in [3.05, 3.63) is 106 Å². The van der Waals surface area contributed by atoms with Crippen LogP contribution in [0, 0.1) is 5.41 Å². The van der Waals surface area contributed by atoms with E-state index in [0.717, 1.165) is 5.56 Å². The summed E-state index contributed by atoms with van der Waals surface area (Å²) in [7, 11) is 0. The van der Waals surface area contributed by atoms with Gasteiger partial charge in [0.25, 0.3) is 0 Å². The van der Waals surface area contributed by atoms with Gasteiger partial charge in [-0.2, -0.15) is 0 Å². The van der Waals surface area contributed by atoms with E-state index in [1.807, 2.05) is 41.8 Å². The fourth-order valence-electron chi connectivity index (χ4n) is 4.05. The van der Waals surface area contributed by atoms with Crippen molar-refractivity contribution >= 4 is 28.8 Å². The number of fused-ring (bicyclic) bond motifs is 1. The van der Waals surface area contributed by atoms with Crippen molar-refractivity contribution in [1.82, 2.24) is 9.88 Å². The van der Waals surface area contributed by atoms with Crippen molar-refractivity contribution in [1.29, 1.82) is 5.41 Å². The van der Waals surface area contributed by atoms with E-state index in [1.54, 1.807) is 49.4 Å². The average Bonchev–Trinajstić information content (AvgIpc) is 2.99. The minimum Gasteiger partial charge on any atom is -0.490 e. The Hall–Kier alpha value is -5.12. The number of aromatic nitrogens is 1. The first-order chi connectivity index (χ1) is 19.9. The first-order valence-corrected chi connectivity index (χ1v) is 13.2. The number of ether oxygens (including phenoxy) is 4. The van der Waals surface area contributed by atoms with Gasteiger partial charge in [0.2, 0.25) is 5.43 Å². The summed E-state index contributed by atoms with van der Waals surface area (Å²) in [4.78, 5) is 37.0. The van der Waals surface area contributed by atoms with Crippen molar-refractivity contribution in [2.75, 3.05) is 19.8 Å². The van der Waals surface area contributed by atoms with Gasteiger partial charge in [-0.15, -0.1) is 0 Å². The molecule has 0 aliphatic heterocycles. The molecule has 0 spiro atoms. The van der Waals surface area contributed by atoms with Gasteiger partial charge < -0.3 is 23.5 Å². The number of benzene rings is 3. The van der Waals surface area contributed by atoms with Crippen molar-refractivity contribution in [3.63, 3.8) is 0 Å². The summed E-state index contributed by atoms with van der Waals surface area (Å²) >= 11 is 0. The molecular formula is C31H31N3O7. The maximum Gasteiger partial charge on any atom is 0.413 e. The number of carbonyl (C=O) groups excluding carboxylic acids is 2. The van der Waals surface area contributed by atoms with Gasteiger partial charge in [-0.1, -0.05) is 30.3 Å². The Balaban J connectivity index is 1.28. The summed E-state index contributed by atoms with van der Waals surface area (Å²) in [6.07, 6.45) is 0.808. The van der Waals surface area contributed by atoms with E-state index in [1.165, 1.54) is 6.20 Å². The Labute approximate surface area is 236 Å². The first-order valence-electron chi connectivity index (χ1n) is 13.2. The molecule has 41 heavy (non-hydrogen) atoms. The number of hydrogen-bond acceptors (Lipinski definition) is 8. The Kier molecular flexibility index (Phi) is 9.71. The van der Waals surface area contributed by atoms with E-state index in [-0.39, 0.29) is 43.3 Å². The van der Waals surface area contributed by atoms with Crippen LogP contribution in [-0.4, -0.2) is 42.3 Å². The van der Waals surface area contributed by atoms with Crippen LogP contribution in [0.4, 0.5) is 4.79 Å². The van der Waals surface area contributed by atoms with E-state index in [4.69, 9.17) is 24.4 Å². The lowest BCUT2D eigenvalue weighted by molar-refractivity contribution is 0.0524. The van der Waals surface area contributed by atoms with Crippen LogP contribution in [0.15, 0.2) is 83.8 Å². The van der Waals surface area contributed by atoms with E-state index in [0.29, 0.717) is 34.5 Å². The van der Waals surface area contributed by atoms with Gasteiger partial charge in [0.05, 0.1) is 12.1 Å². The molecule has 212 valence electrons. The van der Waals surface area contributed by atoms with E-state index in [2.05, 4.69) is 5.32 Å². The molecule has 1 amide bonds. The number of aryl methyl sites for hydroxylation is 1. The lowest BCUT2D eigenvalue weighted by atomic mass is 10.1. The molecule has 0 saturated heterocycles. The van der Waals surface area contributed by atoms with Crippen molar-refractivity contribution < 1.29 is 28.5 Å². The molecule has 3 aromatic carbocycles. The van der Waals surface area contributed by atoms with Gasteiger partial charge in [-0.25, -0.2) is 9.59 Å². The van der Waals surface area contributed by atoms with Crippen LogP contribution in [0.2, 0.25) is 0 Å². The lowest BCUT2D eigenvalue weighted by Crippen LogP contribution is -2.30. The molecule has 0 atom stereocenters. The molecule has 4 rings (SSSR count). The minimum absolute atomic E-state index is 0.00296. The molecule has 10 nitrogen and oxygen atoms in total. The summed E-state index contributed by atoms with van der Waals surface area (Å²) in [5.74, 6) is 0.401. The summed E-state index contributed by atoms with van der Waals surface area (Å²) in [6, 6.07) is 21.1. The highest BCUT2D eigenvalue weighted by atomic mass is 16.5. The highest BCUT2D eigenvalue weighted by molar-refractivity contribution is 6.04. The third kappa shape index (κ3) is 7.51. The predicted octanol–water partition coefficient (Wildman–Crippen LogP) is 4.91. The summed E-state index contributed by atoms with van der Waals surface area (Å²) < 4.78 is 23.5. The molecule has 0 aliphatic carbocycles. The van der Waals surface area contributed by atoms with Gasteiger partial charge in [-0.3, -0.25) is 15.5 Å². The number of nitrogens with zero attached hydrogens (tertiary/aromatic N) is 1. The van der Waals surface area contributed by atoms with Crippen LogP contribution in [0.25, 0.3) is 10.9 Å². The minimum atomic E-state index is -0.708. The lowest BCUT2D eigenvalue weighted by Gasteiger charge is -2.13. The molecule has 2 N–H and O–H groups in total. The normalized spacial score (nSPS) is 10.6. The topological polar surface area (TPSA) is 129 Å². The van der Waals surface area contributed by atoms with Gasteiger partial charge >= 0.3 is 12.1 Å². The fraction of sp³-hybridized carbons (Fsp3) is 0.226. The average molecular weight is 558 g/mol. The Morgan fingerprint density at radius 1 is 0.878 bits per heavy atom. The second kappa shape index (κ2) is 13.8. The number of amidine groups is 1. The number of amides is 1. The number of carbonyl (C=O) groups is 2. The SMILES string of the molecule is CCOC(=O)c1cn(CC)c2cc(OCCOc3ccc(C(=N)NC(=O)OCc4ccccc4)cc3)ccc2c1=O. The zero-order valence-corrected chi connectivity index (χ0v) is 22.8. The zero-order chi connectivity index (χ0) is 29.2. The third-order valence-corrected chi connectivity index (χ3v) is 6.09.